The third-order valence-electron chi connectivity index (χ3n) is 2.11. The van der Waals surface area contributed by atoms with E-state index in [9.17, 15) is 0 Å². The van der Waals surface area contributed by atoms with Crippen LogP contribution >= 0.6 is 0 Å². The molecule has 0 bridgehead atoms. The zero-order valence-electron chi connectivity index (χ0n) is 10.7. The predicted molar refractivity (Wildman–Crippen MR) is 65.7 cm³/mol. The fourth-order valence-corrected chi connectivity index (χ4v) is 4.54. The Hall–Kier alpha value is 0.0569. The first-order chi connectivity index (χ1) is 6.89. The second-order valence-electron chi connectivity index (χ2n) is 4.06. The van der Waals surface area contributed by atoms with Gasteiger partial charge in [-0.3, -0.25) is 11.1 Å². The molecule has 2 atom stereocenters. The maximum atomic E-state index is 6.00. The Balaban J connectivity index is 4.37. The topological polar surface area (TPSA) is 56.5 Å². The van der Waals surface area contributed by atoms with E-state index in [0.29, 0.717) is 6.61 Å². The quantitative estimate of drug-likeness (QED) is 0.496. The summed E-state index contributed by atoms with van der Waals surface area (Å²) in [4.78, 5) is 0. The van der Waals surface area contributed by atoms with Gasteiger partial charge in [0.05, 0.1) is 0 Å². The molecule has 0 fully saturated rings. The summed E-state index contributed by atoms with van der Waals surface area (Å²) in [5, 5.41) is 3.10. The molecule has 0 saturated heterocycles. The van der Waals surface area contributed by atoms with Crippen molar-refractivity contribution in [1.82, 2.24) is 5.32 Å². The Morgan fingerprint density at radius 1 is 1.33 bits per heavy atom. The van der Waals surface area contributed by atoms with E-state index in [2.05, 4.69) is 18.8 Å². The summed E-state index contributed by atoms with van der Waals surface area (Å²) in [6.07, 6.45) is 1.06. The minimum atomic E-state index is -2.11. The van der Waals surface area contributed by atoms with Crippen LogP contribution in [0.2, 0.25) is 12.6 Å². The molecule has 0 aromatic rings. The number of hydrogen-bond acceptors (Lipinski definition) is 4. The van der Waals surface area contributed by atoms with E-state index in [1.807, 2.05) is 20.8 Å². The SMILES string of the molecule is CCC[Si](C)(OCC)OC(C)(N)NCC. The second-order valence-corrected chi connectivity index (χ2v) is 7.32. The van der Waals surface area contributed by atoms with Crippen molar-refractivity contribution in [3.8, 4) is 0 Å². The minimum absolute atomic E-state index is 0.685. The van der Waals surface area contributed by atoms with Crippen LogP contribution < -0.4 is 11.1 Å². The highest BCUT2D eigenvalue weighted by molar-refractivity contribution is 6.66. The van der Waals surface area contributed by atoms with Gasteiger partial charge in [-0.15, -0.1) is 0 Å². The molecule has 0 aliphatic carbocycles. The predicted octanol–water partition coefficient (Wildman–Crippen LogP) is 1.76. The first-order valence-electron chi connectivity index (χ1n) is 5.77. The molecule has 92 valence electrons. The lowest BCUT2D eigenvalue weighted by atomic mass is 10.5. The lowest BCUT2D eigenvalue weighted by molar-refractivity contribution is 0.0156. The van der Waals surface area contributed by atoms with Gasteiger partial charge in [0, 0.05) is 6.61 Å². The zero-order chi connectivity index (χ0) is 11.9. The summed E-state index contributed by atoms with van der Waals surface area (Å²) in [6.45, 7) is 11.5. The van der Waals surface area contributed by atoms with E-state index in [4.69, 9.17) is 14.6 Å². The fourth-order valence-electron chi connectivity index (χ4n) is 1.75. The molecule has 4 nitrogen and oxygen atoms in total. The molecule has 0 radical (unpaired) electrons. The van der Waals surface area contributed by atoms with Crippen molar-refractivity contribution in [2.24, 2.45) is 5.73 Å². The van der Waals surface area contributed by atoms with Crippen molar-refractivity contribution in [2.75, 3.05) is 13.2 Å². The van der Waals surface area contributed by atoms with Gasteiger partial charge in [-0.2, -0.15) is 0 Å². The van der Waals surface area contributed by atoms with Crippen molar-refractivity contribution in [3.63, 3.8) is 0 Å². The highest BCUT2D eigenvalue weighted by Crippen LogP contribution is 2.19. The van der Waals surface area contributed by atoms with Crippen molar-refractivity contribution in [3.05, 3.63) is 0 Å². The Morgan fingerprint density at radius 3 is 2.33 bits per heavy atom. The lowest BCUT2D eigenvalue weighted by Crippen LogP contribution is -2.60. The molecule has 0 aromatic carbocycles. The molecule has 0 rings (SSSR count). The van der Waals surface area contributed by atoms with Gasteiger partial charge in [0.1, 0.15) is 0 Å². The maximum Gasteiger partial charge on any atom is 0.337 e. The van der Waals surface area contributed by atoms with Gasteiger partial charge in [0.15, 0.2) is 5.85 Å². The van der Waals surface area contributed by atoms with E-state index in [-0.39, 0.29) is 0 Å². The Kier molecular flexibility index (Phi) is 6.62. The van der Waals surface area contributed by atoms with Crippen LogP contribution in [0.1, 0.15) is 34.1 Å². The van der Waals surface area contributed by atoms with E-state index in [1.165, 1.54) is 0 Å². The zero-order valence-corrected chi connectivity index (χ0v) is 11.7. The molecule has 0 aromatic heterocycles. The maximum absolute atomic E-state index is 6.00. The number of nitrogens with two attached hydrogens (primary N) is 1. The highest BCUT2D eigenvalue weighted by Gasteiger charge is 2.36. The summed E-state index contributed by atoms with van der Waals surface area (Å²) in [5.74, 6) is -0.778. The largest absolute Gasteiger partial charge is 0.395 e. The molecular weight excluding hydrogens is 208 g/mol. The van der Waals surface area contributed by atoms with Gasteiger partial charge >= 0.3 is 8.56 Å². The average Bonchev–Trinajstić information content (AvgIpc) is 2.02. The number of rotatable bonds is 8. The standard InChI is InChI=1S/C10H26N2O2Si/c1-6-9-15(5,13-8-3)14-10(4,11)12-7-2/h12H,6-9,11H2,1-5H3. The average molecular weight is 234 g/mol. The smallest absolute Gasteiger partial charge is 0.337 e. The van der Waals surface area contributed by atoms with Crippen LogP contribution in [0.25, 0.3) is 0 Å². The third kappa shape index (κ3) is 6.27. The molecule has 5 heteroatoms. The molecule has 0 saturated carbocycles. The van der Waals surface area contributed by atoms with Crippen LogP contribution in [0.5, 0.6) is 0 Å². The van der Waals surface area contributed by atoms with E-state index in [0.717, 1.165) is 19.0 Å². The van der Waals surface area contributed by atoms with Crippen LogP contribution in [0, 0.1) is 0 Å². The molecule has 0 amide bonds. The van der Waals surface area contributed by atoms with Gasteiger partial charge < -0.3 is 8.85 Å². The molecular formula is C10H26N2O2Si. The van der Waals surface area contributed by atoms with Crippen LogP contribution in [0.4, 0.5) is 0 Å². The van der Waals surface area contributed by atoms with Gasteiger partial charge in [-0.25, -0.2) is 0 Å². The summed E-state index contributed by atoms with van der Waals surface area (Å²) in [7, 11) is -2.11. The van der Waals surface area contributed by atoms with Crippen LogP contribution in [-0.2, 0) is 8.85 Å². The molecule has 0 heterocycles. The fraction of sp³-hybridized carbons (Fsp3) is 1.00. The van der Waals surface area contributed by atoms with Crippen LogP contribution in [0.3, 0.4) is 0 Å². The van der Waals surface area contributed by atoms with Crippen molar-refractivity contribution in [1.29, 1.82) is 0 Å². The molecule has 3 N–H and O–H groups in total. The highest BCUT2D eigenvalue weighted by atomic mass is 28.4. The van der Waals surface area contributed by atoms with Crippen LogP contribution in [-0.4, -0.2) is 27.6 Å². The van der Waals surface area contributed by atoms with Gasteiger partial charge in [-0.1, -0.05) is 20.3 Å². The first kappa shape index (κ1) is 15.1. The van der Waals surface area contributed by atoms with Crippen molar-refractivity contribution < 1.29 is 8.85 Å². The Labute approximate surface area is 94.8 Å². The van der Waals surface area contributed by atoms with E-state index >= 15 is 0 Å². The van der Waals surface area contributed by atoms with Crippen molar-refractivity contribution >= 4 is 8.56 Å². The molecule has 0 spiro atoms. The van der Waals surface area contributed by atoms with Gasteiger partial charge in [0.25, 0.3) is 0 Å². The van der Waals surface area contributed by atoms with Crippen molar-refractivity contribution in [2.45, 2.75) is 52.6 Å². The van der Waals surface area contributed by atoms with Gasteiger partial charge in [0.2, 0.25) is 0 Å². The lowest BCUT2D eigenvalue weighted by Gasteiger charge is -2.36. The molecule has 15 heavy (non-hydrogen) atoms. The second kappa shape index (κ2) is 6.60. The summed E-state index contributed by atoms with van der Waals surface area (Å²) < 4.78 is 11.7. The van der Waals surface area contributed by atoms with E-state index < -0.39 is 14.4 Å². The normalized spacial score (nSPS) is 19.6. The number of nitrogens with one attached hydrogen (secondary N) is 1. The van der Waals surface area contributed by atoms with Gasteiger partial charge in [-0.05, 0) is 33.0 Å². The molecule has 0 aliphatic rings. The monoisotopic (exact) mass is 234 g/mol. The molecule has 0 aliphatic heterocycles. The summed E-state index contributed by atoms with van der Waals surface area (Å²) in [6, 6.07) is 0.971. The first-order valence-corrected chi connectivity index (χ1v) is 8.29. The summed E-state index contributed by atoms with van der Waals surface area (Å²) in [5.41, 5.74) is 6.00. The third-order valence-corrected chi connectivity index (χ3v) is 5.27. The Morgan fingerprint density at radius 2 is 1.93 bits per heavy atom. The molecule has 2 unspecified atom stereocenters. The minimum Gasteiger partial charge on any atom is -0.395 e. The summed E-state index contributed by atoms with van der Waals surface area (Å²) >= 11 is 0. The Bertz CT molecular complexity index is 171. The van der Waals surface area contributed by atoms with E-state index in [1.54, 1.807) is 0 Å². The van der Waals surface area contributed by atoms with Crippen LogP contribution in [0.15, 0.2) is 0 Å². The number of hydrogen-bond donors (Lipinski definition) is 2.